The van der Waals surface area contributed by atoms with Crippen LogP contribution in [0.25, 0.3) is 0 Å². The molecular weight excluding hydrogens is 166 g/mol. The van der Waals surface area contributed by atoms with E-state index < -0.39 is 0 Å². The van der Waals surface area contributed by atoms with Crippen molar-refractivity contribution in [3.05, 3.63) is 11.4 Å². The number of carbonyl (C=O) groups is 1. The van der Waals surface area contributed by atoms with E-state index in [0.717, 1.165) is 30.8 Å². The van der Waals surface area contributed by atoms with Gasteiger partial charge >= 0.3 is 0 Å². The van der Waals surface area contributed by atoms with Crippen molar-refractivity contribution < 1.29 is 4.79 Å². The van der Waals surface area contributed by atoms with Crippen molar-refractivity contribution in [2.24, 2.45) is 5.92 Å². The lowest BCUT2D eigenvalue weighted by atomic mass is 9.90. The third-order valence-corrected chi connectivity index (χ3v) is 2.72. The molecule has 0 fully saturated rings. The molecule has 1 atom stereocenters. The van der Waals surface area contributed by atoms with Crippen molar-refractivity contribution in [2.45, 2.75) is 26.7 Å². The Bertz CT molecular complexity index is 272. The molecule has 2 N–H and O–H groups in total. The fraction of sp³-hybridized carbons (Fsp3) is 0.667. The van der Waals surface area contributed by atoms with Gasteiger partial charge in [-0.3, -0.25) is 9.80 Å². The van der Waals surface area contributed by atoms with E-state index in [2.05, 4.69) is 11.0 Å². The summed E-state index contributed by atoms with van der Waals surface area (Å²) in [5.41, 5.74) is 7.94. The van der Waals surface area contributed by atoms with E-state index in [9.17, 15) is 4.79 Å². The monoisotopic (exact) mass is 181 g/mol. The summed E-state index contributed by atoms with van der Waals surface area (Å²) in [6.07, 6.45) is 1.94. The zero-order chi connectivity index (χ0) is 9.42. The molecule has 0 bridgehead atoms. The van der Waals surface area contributed by atoms with Crippen LogP contribution in [0.15, 0.2) is 11.4 Å². The summed E-state index contributed by atoms with van der Waals surface area (Å²) >= 11 is 0. The highest BCUT2D eigenvalue weighted by atomic mass is 16.1. The molecule has 0 saturated carbocycles. The van der Waals surface area contributed by atoms with Crippen molar-refractivity contribution >= 4 is 5.78 Å². The lowest BCUT2D eigenvalue weighted by Crippen LogP contribution is -2.39. The first kappa shape index (κ1) is 8.56. The van der Waals surface area contributed by atoms with Gasteiger partial charge in [0.2, 0.25) is 0 Å². The molecule has 0 spiro atoms. The van der Waals surface area contributed by atoms with E-state index in [1.165, 1.54) is 0 Å². The SMILES string of the molecule is CCN1NNC2=C1C(=O)C(C)CC2. The van der Waals surface area contributed by atoms with Crippen LogP contribution in [0.2, 0.25) is 0 Å². The predicted molar refractivity (Wildman–Crippen MR) is 49.1 cm³/mol. The second-order valence-electron chi connectivity index (χ2n) is 3.61. The molecule has 2 rings (SSSR count). The van der Waals surface area contributed by atoms with E-state index >= 15 is 0 Å². The van der Waals surface area contributed by atoms with Crippen LogP contribution in [0.3, 0.4) is 0 Å². The van der Waals surface area contributed by atoms with Crippen molar-refractivity contribution in [1.29, 1.82) is 0 Å². The smallest absolute Gasteiger partial charge is 0.184 e. The molecule has 0 aromatic carbocycles. The van der Waals surface area contributed by atoms with Crippen LogP contribution in [0, 0.1) is 5.92 Å². The number of allylic oxidation sites excluding steroid dienone is 2. The molecule has 2 aliphatic rings. The fourth-order valence-electron chi connectivity index (χ4n) is 1.84. The average molecular weight is 181 g/mol. The third-order valence-electron chi connectivity index (χ3n) is 2.72. The molecule has 0 amide bonds. The van der Waals surface area contributed by atoms with Crippen LogP contribution in [-0.2, 0) is 4.79 Å². The van der Waals surface area contributed by atoms with Gasteiger partial charge in [-0.2, -0.15) is 0 Å². The number of carbonyl (C=O) groups excluding carboxylic acids is 1. The number of ketones is 1. The maximum Gasteiger partial charge on any atom is 0.184 e. The minimum atomic E-state index is 0.175. The molecule has 1 heterocycles. The normalized spacial score (nSPS) is 27.7. The number of likely N-dealkylation sites (N-methyl/N-ethyl adjacent to an activating group) is 1. The standard InChI is InChI=1S/C9H15N3O/c1-3-12-8-7(10-11-12)5-4-6(2)9(8)13/h6,10-11H,3-5H2,1-2H3. The summed E-state index contributed by atoms with van der Waals surface area (Å²) in [4.78, 5) is 11.8. The van der Waals surface area contributed by atoms with Crippen molar-refractivity contribution in [3.8, 4) is 0 Å². The lowest BCUT2D eigenvalue weighted by Gasteiger charge is -2.22. The zero-order valence-corrected chi connectivity index (χ0v) is 8.05. The predicted octanol–water partition coefficient (Wildman–Crippen LogP) is 0.542. The summed E-state index contributed by atoms with van der Waals surface area (Å²) in [6, 6.07) is 0. The van der Waals surface area contributed by atoms with E-state index in [4.69, 9.17) is 0 Å². The third kappa shape index (κ3) is 1.21. The molecule has 0 aromatic heterocycles. The van der Waals surface area contributed by atoms with Crippen LogP contribution in [0.4, 0.5) is 0 Å². The van der Waals surface area contributed by atoms with Crippen LogP contribution < -0.4 is 11.0 Å². The van der Waals surface area contributed by atoms with Gasteiger partial charge in [-0.05, 0) is 19.8 Å². The van der Waals surface area contributed by atoms with Gasteiger partial charge in [0.05, 0.1) is 5.70 Å². The topological polar surface area (TPSA) is 44.4 Å². The summed E-state index contributed by atoms with van der Waals surface area (Å²) in [7, 11) is 0. The van der Waals surface area contributed by atoms with Gasteiger partial charge < -0.3 is 5.43 Å². The largest absolute Gasteiger partial charge is 0.306 e. The van der Waals surface area contributed by atoms with Gasteiger partial charge in [0.1, 0.15) is 5.70 Å². The number of hydrogen-bond acceptors (Lipinski definition) is 4. The fourth-order valence-corrected chi connectivity index (χ4v) is 1.84. The van der Waals surface area contributed by atoms with E-state index in [1.807, 2.05) is 18.9 Å². The first-order chi connectivity index (χ1) is 6.24. The number of nitrogens with zero attached hydrogens (tertiary/aromatic N) is 1. The molecule has 1 aliphatic heterocycles. The van der Waals surface area contributed by atoms with Crippen molar-refractivity contribution in [1.82, 2.24) is 16.0 Å². The lowest BCUT2D eigenvalue weighted by molar-refractivity contribution is -0.121. The first-order valence-electron chi connectivity index (χ1n) is 4.80. The van der Waals surface area contributed by atoms with Crippen LogP contribution in [0.5, 0.6) is 0 Å². The molecule has 0 radical (unpaired) electrons. The summed E-state index contributed by atoms with van der Waals surface area (Å²) in [6.45, 7) is 4.83. The van der Waals surface area contributed by atoms with Crippen LogP contribution >= 0.6 is 0 Å². The Morgan fingerprint density at radius 2 is 2.38 bits per heavy atom. The van der Waals surface area contributed by atoms with Gasteiger partial charge in [0.25, 0.3) is 0 Å². The molecule has 1 unspecified atom stereocenters. The zero-order valence-electron chi connectivity index (χ0n) is 8.05. The Labute approximate surface area is 77.9 Å². The van der Waals surface area contributed by atoms with E-state index in [0.29, 0.717) is 0 Å². The maximum absolute atomic E-state index is 11.8. The highest BCUT2D eigenvalue weighted by Gasteiger charge is 2.33. The quantitative estimate of drug-likeness (QED) is 0.620. The molecule has 0 aromatic rings. The van der Waals surface area contributed by atoms with Gasteiger partial charge in [-0.1, -0.05) is 6.92 Å². The number of Topliss-reactive ketones (excluding diaryl/α,β-unsaturated/α-hetero) is 1. The highest BCUT2D eigenvalue weighted by Crippen LogP contribution is 2.28. The average Bonchev–Trinajstić information content (AvgIpc) is 2.55. The first-order valence-corrected chi connectivity index (χ1v) is 4.80. The van der Waals surface area contributed by atoms with Crippen LogP contribution in [0.1, 0.15) is 26.7 Å². The number of hydrogen-bond donors (Lipinski definition) is 2. The van der Waals surface area contributed by atoms with Gasteiger partial charge in [-0.25, -0.2) is 0 Å². The van der Waals surface area contributed by atoms with Crippen molar-refractivity contribution in [3.63, 3.8) is 0 Å². The Kier molecular flexibility index (Phi) is 2.00. The minimum Gasteiger partial charge on any atom is -0.306 e. The maximum atomic E-state index is 11.8. The Hall–Kier alpha value is -1.03. The van der Waals surface area contributed by atoms with E-state index in [-0.39, 0.29) is 11.7 Å². The second kappa shape index (κ2) is 3.03. The second-order valence-corrected chi connectivity index (χ2v) is 3.61. The molecule has 1 aliphatic carbocycles. The van der Waals surface area contributed by atoms with Gasteiger partial charge in [0, 0.05) is 12.5 Å². The van der Waals surface area contributed by atoms with Crippen molar-refractivity contribution in [2.75, 3.05) is 6.54 Å². The number of rotatable bonds is 1. The highest BCUT2D eigenvalue weighted by molar-refractivity contribution is 5.98. The van der Waals surface area contributed by atoms with Gasteiger partial charge in [-0.15, -0.1) is 5.53 Å². The molecule has 72 valence electrons. The Morgan fingerprint density at radius 1 is 1.62 bits per heavy atom. The summed E-state index contributed by atoms with van der Waals surface area (Å²) < 4.78 is 0. The number of nitrogens with one attached hydrogen (secondary N) is 2. The molecule has 4 heteroatoms. The number of hydrazine groups is 2. The summed E-state index contributed by atoms with van der Waals surface area (Å²) in [5, 5.41) is 1.88. The van der Waals surface area contributed by atoms with Crippen LogP contribution in [-0.4, -0.2) is 17.3 Å². The van der Waals surface area contributed by atoms with Gasteiger partial charge in [0.15, 0.2) is 5.78 Å². The molecule has 0 saturated heterocycles. The Balaban J connectivity index is 2.29. The molecular formula is C9H15N3O. The van der Waals surface area contributed by atoms with E-state index in [1.54, 1.807) is 0 Å². The molecule has 13 heavy (non-hydrogen) atoms. The summed E-state index contributed by atoms with van der Waals surface area (Å²) in [5.74, 6) is 0.440. The minimum absolute atomic E-state index is 0.175. The Morgan fingerprint density at radius 3 is 3.08 bits per heavy atom. The molecule has 4 nitrogen and oxygen atoms in total.